The van der Waals surface area contributed by atoms with Gasteiger partial charge in [-0.25, -0.2) is 0 Å². The van der Waals surface area contributed by atoms with Crippen LogP contribution < -0.4 is 10.6 Å². The summed E-state index contributed by atoms with van der Waals surface area (Å²) in [6, 6.07) is 3.27. The van der Waals surface area contributed by atoms with E-state index in [2.05, 4.69) is 26.6 Å². The maximum absolute atomic E-state index is 12.6. The highest BCUT2D eigenvalue weighted by atomic mass is 79.9. The normalized spacial score (nSPS) is 12.4. The quantitative estimate of drug-likeness (QED) is 0.886. The zero-order valence-electron chi connectivity index (χ0n) is 10.7. The van der Waals surface area contributed by atoms with E-state index in [-0.39, 0.29) is 10.2 Å². The lowest BCUT2D eigenvalue weighted by molar-refractivity contribution is -0.137. The van der Waals surface area contributed by atoms with E-state index in [1.807, 2.05) is 0 Å². The van der Waals surface area contributed by atoms with Gasteiger partial charge in [0.15, 0.2) is 0 Å². The van der Waals surface area contributed by atoms with Crippen LogP contribution in [0.4, 0.5) is 18.9 Å². The molecule has 0 atom stereocenters. The minimum atomic E-state index is -4.46. The largest absolute Gasteiger partial charge is 0.416 e. The van der Waals surface area contributed by atoms with Gasteiger partial charge in [-0.1, -0.05) is 15.9 Å². The molecule has 19 heavy (non-hydrogen) atoms. The fourth-order valence-corrected chi connectivity index (χ4v) is 1.72. The van der Waals surface area contributed by atoms with Crippen molar-refractivity contribution >= 4 is 27.5 Å². The first-order valence-electron chi connectivity index (χ1n) is 5.44. The minimum absolute atomic E-state index is 0.0926. The van der Waals surface area contributed by atoms with Crippen LogP contribution >= 0.6 is 15.9 Å². The van der Waals surface area contributed by atoms with Gasteiger partial charge in [-0.2, -0.15) is 13.2 Å². The Labute approximate surface area is 117 Å². The van der Waals surface area contributed by atoms with Crippen molar-refractivity contribution in [3.8, 4) is 0 Å². The summed E-state index contributed by atoms with van der Waals surface area (Å²) >= 11 is 3.00. The number of amides is 1. The van der Waals surface area contributed by atoms with Crippen LogP contribution in [-0.2, 0) is 11.0 Å². The number of benzene rings is 1. The standard InChI is InChI=1S/C12H14BrF3N2O/c1-11(2,17-3)10(19)18-9-5-7(12(14,15)16)4-8(13)6-9/h4-6,17H,1-3H3,(H,18,19). The first-order valence-corrected chi connectivity index (χ1v) is 6.24. The number of hydrogen-bond acceptors (Lipinski definition) is 2. The number of rotatable bonds is 3. The minimum Gasteiger partial charge on any atom is -0.324 e. The molecule has 1 rings (SSSR count). The van der Waals surface area contributed by atoms with E-state index in [0.717, 1.165) is 12.1 Å². The molecule has 1 aromatic rings. The summed E-state index contributed by atoms with van der Waals surface area (Å²) in [7, 11) is 1.60. The maximum Gasteiger partial charge on any atom is 0.416 e. The van der Waals surface area contributed by atoms with Crippen molar-refractivity contribution in [3.05, 3.63) is 28.2 Å². The molecular weight excluding hydrogens is 325 g/mol. The van der Waals surface area contributed by atoms with Gasteiger partial charge >= 0.3 is 6.18 Å². The molecule has 3 nitrogen and oxygen atoms in total. The molecule has 0 saturated carbocycles. The van der Waals surface area contributed by atoms with Crippen LogP contribution in [0.5, 0.6) is 0 Å². The Balaban J connectivity index is 3.03. The third kappa shape index (κ3) is 4.21. The van der Waals surface area contributed by atoms with Gasteiger partial charge in [0.1, 0.15) is 0 Å². The molecule has 0 radical (unpaired) electrons. The lowest BCUT2D eigenvalue weighted by Crippen LogP contribution is -2.47. The number of carbonyl (C=O) groups excluding carboxylic acids is 1. The van der Waals surface area contributed by atoms with Crippen LogP contribution in [0.25, 0.3) is 0 Å². The molecule has 0 spiro atoms. The van der Waals surface area contributed by atoms with E-state index >= 15 is 0 Å². The summed E-state index contributed by atoms with van der Waals surface area (Å²) in [6.45, 7) is 3.26. The highest BCUT2D eigenvalue weighted by Gasteiger charge is 2.32. The van der Waals surface area contributed by atoms with Crippen LogP contribution in [0.2, 0.25) is 0 Å². The van der Waals surface area contributed by atoms with Crippen LogP contribution in [0, 0.1) is 0 Å². The van der Waals surface area contributed by atoms with Crippen LogP contribution in [0.3, 0.4) is 0 Å². The van der Waals surface area contributed by atoms with Gasteiger partial charge in [-0.15, -0.1) is 0 Å². The van der Waals surface area contributed by atoms with Gasteiger partial charge in [-0.05, 0) is 39.1 Å². The Bertz CT molecular complexity index is 486. The molecule has 0 unspecified atom stereocenters. The second-order valence-corrected chi connectivity index (χ2v) is 5.47. The second kappa shape index (κ2) is 5.50. The zero-order valence-corrected chi connectivity index (χ0v) is 12.2. The summed E-state index contributed by atoms with van der Waals surface area (Å²) in [5, 5.41) is 5.23. The number of likely N-dealkylation sites (N-methyl/N-ethyl adjacent to an activating group) is 1. The number of hydrogen-bond donors (Lipinski definition) is 2. The van der Waals surface area contributed by atoms with Crippen LogP contribution in [-0.4, -0.2) is 18.5 Å². The molecule has 0 aliphatic rings. The average molecular weight is 339 g/mol. The van der Waals surface area contributed by atoms with E-state index in [9.17, 15) is 18.0 Å². The van der Waals surface area contributed by atoms with E-state index in [1.165, 1.54) is 6.07 Å². The summed E-state index contributed by atoms with van der Waals surface area (Å²) in [5.74, 6) is -0.416. The summed E-state index contributed by atoms with van der Waals surface area (Å²) in [5.41, 5.74) is -1.60. The van der Waals surface area contributed by atoms with Crippen molar-refractivity contribution in [2.24, 2.45) is 0 Å². The molecular formula is C12H14BrF3N2O. The van der Waals surface area contributed by atoms with Crippen molar-refractivity contribution in [2.75, 3.05) is 12.4 Å². The number of alkyl halides is 3. The smallest absolute Gasteiger partial charge is 0.324 e. The molecule has 0 aliphatic carbocycles. The van der Waals surface area contributed by atoms with Gasteiger partial charge < -0.3 is 10.6 Å². The molecule has 0 bridgehead atoms. The molecule has 0 aromatic heterocycles. The fourth-order valence-electron chi connectivity index (χ4n) is 1.23. The lowest BCUT2D eigenvalue weighted by Gasteiger charge is -2.23. The van der Waals surface area contributed by atoms with E-state index in [4.69, 9.17) is 0 Å². The maximum atomic E-state index is 12.6. The van der Waals surface area contributed by atoms with Crippen molar-refractivity contribution in [2.45, 2.75) is 25.6 Å². The van der Waals surface area contributed by atoms with Gasteiger partial charge in [0, 0.05) is 10.2 Å². The predicted molar refractivity (Wildman–Crippen MR) is 70.9 cm³/mol. The monoisotopic (exact) mass is 338 g/mol. The summed E-state index contributed by atoms with van der Waals surface area (Å²) in [4.78, 5) is 11.9. The third-order valence-electron chi connectivity index (χ3n) is 2.68. The second-order valence-electron chi connectivity index (χ2n) is 4.56. The Kier molecular flexibility index (Phi) is 4.63. The number of carbonyl (C=O) groups is 1. The number of nitrogens with one attached hydrogen (secondary N) is 2. The molecule has 106 valence electrons. The van der Waals surface area contributed by atoms with Crippen LogP contribution in [0.15, 0.2) is 22.7 Å². The number of halogens is 4. The first-order chi connectivity index (χ1) is 8.56. The van der Waals surface area contributed by atoms with Crippen LogP contribution in [0.1, 0.15) is 19.4 Å². The SMILES string of the molecule is CNC(C)(C)C(=O)Nc1cc(Br)cc(C(F)(F)F)c1. The van der Waals surface area contributed by atoms with E-state index < -0.39 is 23.2 Å². The van der Waals surface area contributed by atoms with Crippen molar-refractivity contribution in [1.29, 1.82) is 0 Å². The summed E-state index contributed by atoms with van der Waals surface area (Å²) < 4.78 is 38.2. The fraction of sp³-hybridized carbons (Fsp3) is 0.417. The molecule has 0 aliphatic heterocycles. The molecule has 7 heteroatoms. The predicted octanol–water partition coefficient (Wildman–Crippen LogP) is 3.40. The zero-order chi connectivity index (χ0) is 14.8. The van der Waals surface area contributed by atoms with Gasteiger partial charge in [0.2, 0.25) is 5.91 Å². The summed E-state index contributed by atoms with van der Waals surface area (Å²) in [6.07, 6.45) is -4.46. The molecule has 0 fully saturated rings. The highest BCUT2D eigenvalue weighted by molar-refractivity contribution is 9.10. The van der Waals surface area contributed by atoms with Crippen molar-refractivity contribution < 1.29 is 18.0 Å². The Hall–Kier alpha value is -1.08. The molecule has 0 heterocycles. The van der Waals surface area contributed by atoms with Gasteiger partial charge in [0.05, 0.1) is 11.1 Å². The Morgan fingerprint density at radius 2 is 1.79 bits per heavy atom. The highest BCUT2D eigenvalue weighted by Crippen LogP contribution is 2.33. The van der Waals surface area contributed by atoms with Crippen molar-refractivity contribution in [3.63, 3.8) is 0 Å². The van der Waals surface area contributed by atoms with Gasteiger partial charge in [0.25, 0.3) is 0 Å². The molecule has 0 saturated heterocycles. The Morgan fingerprint density at radius 1 is 1.21 bits per heavy atom. The average Bonchev–Trinajstić information content (AvgIpc) is 2.27. The molecule has 2 N–H and O–H groups in total. The molecule has 1 aromatic carbocycles. The van der Waals surface area contributed by atoms with E-state index in [0.29, 0.717) is 0 Å². The molecule has 1 amide bonds. The lowest BCUT2D eigenvalue weighted by atomic mass is 10.0. The topological polar surface area (TPSA) is 41.1 Å². The Morgan fingerprint density at radius 3 is 2.26 bits per heavy atom. The third-order valence-corrected chi connectivity index (χ3v) is 3.13. The van der Waals surface area contributed by atoms with E-state index in [1.54, 1.807) is 20.9 Å². The first kappa shape index (κ1) is 16.0. The number of anilines is 1. The van der Waals surface area contributed by atoms with Gasteiger partial charge in [-0.3, -0.25) is 4.79 Å². The van der Waals surface area contributed by atoms with Crippen molar-refractivity contribution in [1.82, 2.24) is 5.32 Å².